The molecule has 4 aromatic rings. The minimum atomic E-state index is -0.344. The number of aromatic nitrogens is 7. The molecule has 2 aliphatic rings. The maximum absolute atomic E-state index is 13.3. The first-order valence-corrected chi connectivity index (χ1v) is 11.5. The Morgan fingerprint density at radius 2 is 2.06 bits per heavy atom. The number of pyridine rings is 2. The zero-order valence-electron chi connectivity index (χ0n) is 18.8. The number of ether oxygens (including phenoxy) is 1. The number of amides is 1. The molecule has 1 saturated carbocycles. The lowest BCUT2D eigenvalue weighted by atomic mass is 10.1. The standard InChI is InChI=1S/C24H24N8O2/c1-15-4-3-9-34-24-18(10-17(11-25-24)31-12-20(26-13-31)16-7-8-16)23(33)29-21-6-2-5-19(28-21)22-30-27-14-32(15)22/h2,5-6,10-16H,3-4,7-9H2,1H3,(H,28,29,33)/t15-/m0/s1. The number of hydrogen-bond donors (Lipinski definition) is 1. The number of nitrogens with zero attached hydrogens (tertiary/aromatic N) is 7. The molecule has 0 saturated heterocycles. The second-order valence-corrected chi connectivity index (χ2v) is 8.79. The van der Waals surface area contributed by atoms with E-state index in [9.17, 15) is 4.79 Å². The number of carbonyl (C=O) groups excluding carboxylic acids is 1. The number of rotatable bonds is 2. The molecule has 6 rings (SSSR count). The van der Waals surface area contributed by atoms with E-state index in [-0.39, 0.29) is 11.9 Å². The van der Waals surface area contributed by atoms with Gasteiger partial charge in [0.2, 0.25) is 5.88 Å². The average Bonchev–Trinajstić information content (AvgIpc) is 3.37. The van der Waals surface area contributed by atoms with E-state index >= 15 is 0 Å². The molecule has 0 radical (unpaired) electrons. The molecule has 34 heavy (non-hydrogen) atoms. The highest BCUT2D eigenvalue weighted by Gasteiger charge is 2.26. The molecule has 1 aliphatic carbocycles. The number of carbonyl (C=O) groups is 1. The molecule has 172 valence electrons. The van der Waals surface area contributed by atoms with Gasteiger partial charge in [0.05, 0.1) is 30.5 Å². The third-order valence-electron chi connectivity index (χ3n) is 6.25. The number of hydrogen-bond acceptors (Lipinski definition) is 7. The van der Waals surface area contributed by atoms with E-state index in [1.165, 1.54) is 12.8 Å². The van der Waals surface area contributed by atoms with Gasteiger partial charge >= 0.3 is 0 Å². The van der Waals surface area contributed by atoms with Crippen molar-refractivity contribution < 1.29 is 9.53 Å². The number of anilines is 1. The van der Waals surface area contributed by atoms with Gasteiger partial charge in [-0.25, -0.2) is 15.0 Å². The highest BCUT2D eigenvalue weighted by atomic mass is 16.5. The average molecular weight is 457 g/mol. The number of fused-ring (bicyclic) bond motifs is 5. The molecule has 5 heterocycles. The van der Waals surface area contributed by atoms with Crippen LogP contribution in [-0.2, 0) is 0 Å². The summed E-state index contributed by atoms with van der Waals surface area (Å²) in [6, 6.07) is 7.39. The van der Waals surface area contributed by atoms with Gasteiger partial charge in [-0.15, -0.1) is 10.2 Å². The van der Waals surface area contributed by atoms with Gasteiger partial charge in [0.25, 0.3) is 5.91 Å². The Morgan fingerprint density at radius 3 is 2.94 bits per heavy atom. The molecule has 10 nitrogen and oxygen atoms in total. The van der Waals surface area contributed by atoms with E-state index in [2.05, 4.69) is 37.4 Å². The van der Waals surface area contributed by atoms with Crippen LogP contribution in [0.15, 0.2) is 49.3 Å². The van der Waals surface area contributed by atoms with Crippen molar-refractivity contribution in [3.63, 3.8) is 0 Å². The van der Waals surface area contributed by atoms with Crippen molar-refractivity contribution in [3.05, 3.63) is 60.6 Å². The Kier molecular flexibility index (Phi) is 5.05. The second kappa shape index (κ2) is 8.36. The fraction of sp³-hybridized carbons (Fsp3) is 0.333. The molecule has 1 fully saturated rings. The molecule has 2 bridgehead atoms. The first-order chi connectivity index (χ1) is 16.7. The summed E-state index contributed by atoms with van der Waals surface area (Å²) in [4.78, 5) is 26.9. The van der Waals surface area contributed by atoms with Gasteiger partial charge in [-0.3, -0.25) is 4.79 Å². The van der Waals surface area contributed by atoms with Crippen molar-refractivity contribution in [1.29, 1.82) is 0 Å². The summed E-state index contributed by atoms with van der Waals surface area (Å²) < 4.78 is 9.86. The molecular weight excluding hydrogens is 432 g/mol. The Balaban J connectivity index is 1.37. The number of nitrogens with one attached hydrogen (secondary N) is 1. The molecule has 10 heteroatoms. The minimum absolute atomic E-state index is 0.160. The molecule has 0 unspecified atom stereocenters. The summed E-state index contributed by atoms with van der Waals surface area (Å²) in [7, 11) is 0. The molecule has 1 atom stereocenters. The number of imidazole rings is 1. The predicted molar refractivity (Wildman–Crippen MR) is 124 cm³/mol. The monoisotopic (exact) mass is 456 g/mol. The van der Waals surface area contributed by atoms with Crippen molar-refractivity contribution in [2.45, 2.75) is 44.6 Å². The summed E-state index contributed by atoms with van der Waals surface area (Å²) in [5, 5.41) is 11.2. The lowest BCUT2D eigenvalue weighted by Gasteiger charge is -2.17. The Bertz CT molecular complexity index is 1360. The van der Waals surface area contributed by atoms with Crippen LogP contribution in [0.2, 0.25) is 0 Å². The summed E-state index contributed by atoms with van der Waals surface area (Å²) in [6.45, 7) is 2.55. The van der Waals surface area contributed by atoms with Crippen LogP contribution in [0.4, 0.5) is 5.82 Å². The van der Waals surface area contributed by atoms with Crippen LogP contribution < -0.4 is 10.1 Å². The summed E-state index contributed by atoms with van der Waals surface area (Å²) in [6.07, 6.45) is 11.2. The van der Waals surface area contributed by atoms with Gasteiger partial charge < -0.3 is 19.2 Å². The fourth-order valence-electron chi connectivity index (χ4n) is 4.18. The van der Waals surface area contributed by atoms with Crippen LogP contribution in [0.3, 0.4) is 0 Å². The zero-order chi connectivity index (χ0) is 23.1. The van der Waals surface area contributed by atoms with Gasteiger partial charge in [0, 0.05) is 18.2 Å². The second-order valence-electron chi connectivity index (χ2n) is 8.79. The van der Waals surface area contributed by atoms with Crippen molar-refractivity contribution >= 4 is 11.7 Å². The van der Waals surface area contributed by atoms with Crippen LogP contribution in [0.1, 0.15) is 60.6 Å². The van der Waals surface area contributed by atoms with Crippen LogP contribution in [0, 0.1) is 0 Å². The van der Waals surface area contributed by atoms with E-state index in [1.807, 2.05) is 27.5 Å². The van der Waals surface area contributed by atoms with Gasteiger partial charge in [-0.05, 0) is 50.8 Å². The Morgan fingerprint density at radius 1 is 1.15 bits per heavy atom. The van der Waals surface area contributed by atoms with Gasteiger partial charge in [-0.1, -0.05) is 6.07 Å². The topological polar surface area (TPSA) is 113 Å². The molecule has 0 spiro atoms. The normalized spacial score (nSPS) is 18.3. The highest BCUT2D eigenvalue weighted by Crippen LogP contribution is 2.39. The lowest BCUT2D eigenvalue weighted by Crippen LogP contribution is -2.17. The molecule has 1 amide bonds. The van der Waals surface area contributed by atoms with Crippen LogP contribution in [0.5, 0.6) is 5.88 Å². The summed E-state index contributed by atoms with van der Waals surface area (Å²) >= 11 is 0. The smallest absolute Gasteiger partial charge is 0.262 e. The molecule has 4 aromatic heterocycles. The molecule has 1 aliphatic heterocycles. The zero-order valence-corrected chi connectivity index (χ0v) is 18.8. The van der Waals surface area contributed by atoms with Crippen molar-refractivity contribution in [2.75, 3.05) is 11.9 Å². The predicted octanol–water partition coefficient (Wildman–Crippen LogP) is 3.78. The van der Waals surface area contributed by atoms with Gasteiger partial charge in [0.15, 0.2) is 5.82 Å². The summed E-state index contributed by atoms with van der Waals surface area (Å²) in [5.41, 5.74) is 2.82. The maximum Gasteiger partial charge on any atom is 0.262 e. The van der Waals surface area contributed by atoms with Gasteiger partial charge in [0.1, 0.15) is 23.4 Å². The third-order valence-corrected chi connectivity index (χ3v) is 6.25. The van der Waals surface area contributed by atoms with Crippen molar-refractivity contribution in [2.24, 2.45) is 0 Å². The molecule has 1 N–H and O–H groups in total. The Hall–Kier alpha value is -4.08. The SMILES string of the molecule is C[C@H]1CCCOc2ncc(-n3cnc(C4CC4)c3)cc2C(=O)Nc2cccc(n2)-c2nncn21. The van der Waals surface area contributed by atoms with E-state index in [0.29, 0.717) is 41.3 Å². The van der Waals surface area contributed by atoms with E-state index in [4.69, 9.17) is 4.74 Å². The highest BCUT2D eigenvalue weighted by molar-refractivity contribution is 6.05. The molecule has 0 aromatic carbocycles. The largest absolute Gasteiger partial charge is 0.477 e. The lowest BCUT2D eigenvalue weighted by molar-refractivity contribution is 0.102. The van der Waals surface area contributed by atoms with Crippen LogP contribution >= 0.6 is 0 Å². The van der Waals surface area contributed by atoms with Crippen LogP contribution in [-0.4, -0.2) is 46.8 Å². The van der Waals surface area contributed by atoms with Crippen molar-refractivity contribution in [1.82, 2.24) is 34.3 Å². The first-order valence-electron chi connectivity index (χ1n) is 11.5. The van der Waals surface area contributed by atoms with E-state index in [1.54, 1.807) is 31.0 Å². The summed E-state index contributed by atoms with van der Waals surface area (Å²) in [5.74, 6) is 1.58. The molecular formula is C24H24N8O2. The maximum atomic E-state index is 13.3. The van der Waals surface area contributed by atoms with Crippen LogP contribution in [0.25, 0.3) is 17.2 Å². The fourth-order valence-corrected chi connectivity index (χ4v) is 4.18. The minimum Gasteiger partial charge on any atom is -0.477 e. The third kappa shape index (κ3) is 3.91. The quantitative estimate of drug-likeness (QED) is 0.488. The van der Waals surface area contributed by atoms with E-state index in [0.717, 1.165) is 24.2 Å². The van der Waals surface area contributed by atoms with E-state index < -0.39 is 0 Å². The first kappa shape index (κ1) is 20.5. The Labute approximate surface area is 196 Å². The van der Waals surface area contributed by atoms with Crippen molar-refractivity contribution in [3.8, 4) is 23.1 Å². The van der Waals surface area contributed by atoms with Gasteiger partial charge in [-0.2, -0.15) is 0 Å².